The summed E-state index contributed by atoms with van der Waals surface area (Å²) in [6, 6.07) is -0.100. The van der Waals surface area contributed by atoms with Gasteiger partial charge < -0.3 is 5.73 Å². The molecule has 0 saturated carbocycles. The van der Waals surface area contributed by atoms with E-state index in [0.29, 0.717) is 6.42 Å². The number of halogens is 2. The van der Waals surface area contributed by atoms with E-state index in [0.717, 1.165) is 0 Å². The van der Waals surface area contributed by atoms with Crippen molar-refractivity contribution in [1.29, 1.82) is 5.41 Å². The molecule has 0 amide bonds. The van der Waals surface area contributed by atoms with Gasteiger partial charge in [-0.3, -0.25) is 10.3 Å². The third-order valence-electron chi connectivity index (χ3n) is 1.69. The van der Waals surface area contributed by atoms with Crippen LogP contribution in [0.5, 0.6) is 0 Å². The zero-order chi connectivity index (χ0) is 9.72. The number of hydrogen-bond acceptors (Lipinski definition) is 2. The highest BCUT2D eigenvalue weighted by Crippen LogP contribution is 2.03. The van der Waals surface area contributed by atoms with Crippen molar-refractivity contribution in [2.24, 2.45) is 5.73 Å². The van der Waals surface area contributed by atoms with Crippen molar-refractivity contribution in [3.63, 3.8) is 0 Å². The Morgan fingerprint density at radius 1 is 1.58 bits per heavy atom. The molecule has 0 radical (unpaired) electrons. The summed E-state index contributed by atoms with van der Waals surface area (Å²) in [6.45, 7) is 1.50. The summed E-state index contributed by atoms with van der Waals surface area (Å²) in [6.07, 6.45) is -1.99. The number of nitrogens with one attached hydrogen (secondary N) is 1. The average Bonchev–Trinajstić information content (AvgIpc) is 1.84. The lowest BCUT2D eigenvalue weighted by molar-refractivity contribution is 0.0855. The molecule has 0 aliphatic carbocycles. The molecule has 1 unspecified atom stereocenters. The van der Waals surface area contributed by atoms with Crippen molar-refractivity contribution in [2.45, 2.75) is 25.8 Å². The molecule has 0 heterocycles. The molecule has 0 aliphatic heterocycles. The second-order valence-electron chi connectivity index (χ2n) is 2.91. The maximum Gasteiger partial charge on any atom is 0.251 e. The zero-order valence-electron chi connectivity index (χ0n) is 7.35. The topological polar surface area (TPSA) is 53.1 Å². The van der Waals surface area contributed by atoms with Crippen LogP contribution in [0.4, 0.5) is 8.78 Å². The third-order valence-corrected chi connectivity index (χ3v) is 1.69. The maximum atomic E-state index is 11.9. The van der Waals surface area contributed by atoms with Gasteiger partial charge in [0, 0.05) is 12.5 Å². The highest BCUT2D eigenvalue weighted by atomic mass is 19.3. The Labute approximate surface area is 71.0 Å². The van der Waals surface area contributed by atoms with Gasteiger partial charge in [0.25, 0.3) is 6.43 Å². The average molecular weight is 179 g/mol. The first-order valence-electron chi connectivity index (χ1n) is 3.74. The predicted molar refractivity (Wildman–Crippen MR) is 44.6 cm³/mol. The Balaban J connectivity index is 3.76. The van der Waals surface area contributed by atoms with Crippen LogP contribution in [0, 0.1) is 5.41 Å². The van der Waals surface area contributed by atoms with Gasteiger partial charge in [0.2, 0.25) is 0 Å². The number of alkyl halides is 2. The van der Waals surface area contributed by atoms with E-state index in [1.54, 1.807) is 14.0 Å². The lowest BCUT2D eigenvalue weighted by Crippen LogP contribution is -2.35. The molecule has 0 rings (SSSR count). The molecular formula is C7H15F2N3. The monoisotopic (exact) mass is 179 g/mol. The Kier molecular flexibility index (Phi) is 4.73. The summed E-state index contributed by atoms with van der Waals surface area (Å²) in [7, 11) is 1.60. The van der Waals surface area contributed by atoms with E-state index in [9.17, 15) is 8.78 Å². The Hall–Kier alpha value is -0.710. The fourth-order valence-electron chi connectivity index (χ4n) is 0.872. The zero-order valence-corrected chi connectivity index (χ0v) is 7.35. The lowest BCUT2D eigenvalue weighted by Gasteiger charge is -2.23. The smallest absolute Gasteiger partial charge is 0.251 e. The molecule has 0 saturated heterocycles. The Morgan fingerprint density at radius 2 is 2.08 bits per heavy atom. The molecule has 0 aromatic heterocycles. The maximum absolute atomic E-state index is 11.9. The minimum atomic E-state index is -2.33. The number of hydrogen-bond donors (Lipinski definition) is 2. The number of nitrogens with zero attached hydrogens (tertiary/aromatic N) is 1. The molecule has 0 spiro atoms. The van der Waals surface area contributed by atoms with E-state index < -0.39 is 6.43 Å². The minimum Gasteiger partial charge on any atom is -0.388 e. The van der Waals surface area contributed by atoms with Crippen molar-refractivity contribution in [1.82, 2.24) is 4.90 Å². The van der Waals surface area contributed by atoms with Crippen LogP contribution in [0.25, 0.3) is 0 Å². The standard InChI is InChI=1S/C7H15F2N3/c1-5(3-7(10)11)12(2)4-6(8)9/h5-6H,3-4H2,1-2H3,(H3,10,11). The summed E-state index contributed by atoms with van der Waals surface area (Å²) in [5.74, 6) is 0.0311. The highest BCUT2D eigenvalue weighted by molar-refractivity contribution is 5.77. The van der Waals surface area contributed by atoms with Crippen LogP contribution >= 0.6 is 0 Å². The highest BCUT2D eigenvalue weighted by Gasteiger charge is 2.14. The van der Waals surface area contributed by atoms with E-state index in [4.69, 9.17) is 11.1 Å². The van der Waals surface area contributed by atoms with Crippen LogP contribution in [0.2, 0.25) is 0 Å². The van der Waals surface area contributed by atoms with Gasteiger partial charge in [0.1, 0.15) is 0 Å². The molecular weight excluding hydrogens is 164 g/mol. The summed E-state index contributed by atoms with van der Waals surface area (Å²) in [4.78, 5) is 1.49. The number of amidine groups is 1. The summed E-state index contributed by atoms with van der Waals surface area (Å²) < 4.78 is 23.7. The van der Waals surface area contributed by atoms with Crippen LogP contribution in [0.3, 0.4) is 0 Å². The predicted octanol–water partition coefficient (Wildman–Crippen LogP) is 0.898. The fraction of sp³-hybridized carbons (Fsp3) is 0.857. The molecule has 1 atom stereocenters. The van der Waals surface area contributed by atoms with Gasteiger partial charge in [-0.1, -0.05) is 0 Å². The largest absolute Gasteiger partial charge is 0.388 e. The summed E-state index contributed by atoms with van der Waals surface area (Å²) in [5.41, 5.74) is 5.13. The second kappa shape index (κ2) is 5.03. The lowest BCUT2D eigenvalue weighted by atomic mass is 10.2. The van der Waals surface area contributed by atoms with Crippen molar-refractivity contribution in [3.8, 4) is 0 Å². The molecule has 12 heavy (non-hydrogen) atoms. The van der Waals surface area contributed by atoms with E-state index in [-0.39, 0.29) is 18.4 Å². The number of rotatable bonds is 5. The molecule has 3 nitrogen and oxygen atoms in total. The van der Waals surface area contributed by atoms with Crippen LogP contribution in [-0.2, 0) is 0 Å². The molecule has 0 fully saturated rings. The van der Waals surface area contributed by atoms with Gasteiger partial charge in [-0.15, -0.1) is 0 Å². The molecule has 3 N–H and O–H groups in total. The SMILES string of the molecule is CC(CC(=N)N)N(C)CC(F)F. The third kappa shape index (κ3) is 5.01. The van der Waals surface area contributed by atoms with Gasteiger partial charge >= 0.3 is 0 Å². The normalized spacial score (nSPS) is 13.8. The van der Waals surface area contributed by atoms with E-state index in [1.165, 1.54) is 4.90 Å². The van der Waals surface area contributed by atoms with Gasteiger partial charge in [0.15, 0.2) is 0 Å². The minimum absolute atomic E-state index is 0.0311. The van der Waals surface area contributed by atoms with E-state index in [1.807, 2.05) is 0 Å². The fourth-order valence-corrected chi connectivity index (χ4v) is 0.872. The van der Waals surface area contributed by atoms with Crippen molar-refractivity contribution in [2.75, 3.05) is 13.6 Å². The second-order valence-corrected chi connectivity index (χ2v) is 2.91. The number of nitrogens with two attached hydrogens (primary N) is 1. The first kappa shape index (κ1) is 11.3. The van der Waals surface area contributed by atoms with Gasteiger partial charge in [0.05, 0.1) is 12.4 Å². The van der Waals surface area contributed by atoms with Crippen LogP contribution in [0.1, 0.15) is 13.3 Å². The molecule has 0 aromatic rings. The Morgan fingerprint density at radius 3 is 2.42 bits per heavy atom. The summed E-state index contributed by atoms with van der Waals surface area (Å²) in [5, 5.41) is 6.96. The summed E-state index contributed by atoms with van der Waals surface area (Å²) >= 11 is 0. The van der Waals surface area contributed by atoms with Gasteiger partial charge in [-0.05, 0) is 14.0 Å². The van der Waals surface area contributed by atoms with Crippen molar-refractivity contribution >= 4 is 5.84 Å². The van der Waals surface area contributed by atoms with Crippen molar-refractivity contribution < 1.29 is 8.78 Å². The van der Waals surface area contributed by atoms with Crippen LogP contribution < -0.4 is 5.73 Å². The quantitative estimate of drug-likeness (QED) is 0.486. The van der Waals surface area contributed by atoms with Crippen molar-refractivity contribution in [3.05, 3.63) is 0 Å². The molecule has 0 aliphatic rings. The van der Waals surface area contributed by atoms with Gasteiger partial charge in [-0.25, -0.2) is 8.78 Å². The van der Waals surface area contributed by atoms with Crippen LogP contribution in [0.15, 0.2) is 0 Å². The molecule has 72 valence electrons. The molecule has 0 aromatic carbocycles. The first-order chi connectivity index (χ1) is 5.43. The van der Waals surface area contributed by atoms with E-state index >= 15 is 0 Å². The van der Waals surface area contributed by atoms with Gasteiger partial charge in [-0.2, -0.15) is 0 Å². The van der Waals surface area contributed by atoms with Crippen LogP contribution in [-0.4, -0.2) is 36.8 Å². The molecule has 0 bridgehead atoms. The van der Waals surface area contributed by atoms with E-state index in [2.05, 4.69) is 0 Å². The first-order valence-corrected chi connectivity index (χ1v) is 3.74. The Bertz CT molecular complexity index is 150. The molecule has 5 heteroatoms.